The summed E-state index contributed by atoms with van der Waals surface area (Å²) in [5, 5.41) is 18.8. The van der Waals surface area contributed by atoms with Crippen molar-refractivity contribution in [1.29, 1.82) is 0 Å². The van der Waals surface area contributed by atoms with Gasteiger partial charge < -0.3 is 14.9 Å². The second kappa shape index (κ2) is 5.02. The lowest BCUT2D eigenvalue weighted by Crippen LogP contribution is -2.22. The molecule has 0 bridgehead atoms. The number of anilines is 1. The van der Waals surface area contributed by atoms with Gasteiger partial charge in [-0.05, 0) is 12.1 Å². The molecule has 0 heterocycles. The Kier molecular flexibility index (Phi) is 4.20. The number of aliphatic hydroxyl groups is 1. The van der Waals surface area contributed by atoms with Crippen molar-refractivity contribution >= 4 is 22.0 Å². The Morgan fingerprint density at radius 1 is 1.21 bits per heavy atom. The van der Waals surface area contributed by atoms with Crippen molar-refractivity contribution in [2.45, 2.75) is 17.2 Å². The number of amides is 1. The Morgan fingerprint density at radius 2 is 1.71 bits per heavy atom. The molecule has 0 aromatic heterocycles. The molecular formula is C10H9F8NO4S. The summed E-state index contributed by atoms with van der Waals surface area (Å²) < 4.78 is 106. The number of ether oxygens (including phenoxy) is 1. The quantitative estimate of drug-likeness (QED) is 0.629. The second-order valence-electron chi connectivity index (χ2n) is 4.44. The molecule has 3 N–H and O–H groups in total. The highest BCUT2D eigenvalue weighted by Crippen LogP contribution is 3.02. The zero-order valence-corrected chi connectivity index (χ0v) is 12.2. The zero-order chi connectivity index (χ0) is 19.2. The first kappa shape index (κ1) is 20.1. The SMILES string of the molecule is COc1c(NC(=O)O)cc(S(F)(F)(F)(F)F)cc1C(O)C(F)(F)F. The monoisotopic (exact) mass is 391 g/mol. The normalized spacial score (nSPS) is 16.8. The minimum absolute atomic E-state index is 0.416. The summed E-state index contributed by atoms with van der Waals surface area (Å²) in [4.78, 5) is 7.70. The van der Waals surface area contributed by atoms with Crippen LogP contribution in [0.4, 0.5) is 43.1 Å². The van der Waals surface area contributed by atoms with Crippen molar-refractivity contribution in [3.63, 3.8) is 0 Å². The van der Waals surface area contributed by atoms with Crippen molar-refractivity contribution in [2.75, 3.05) is 12.4 Å². The van der Waals surface area contributed by atoms with E-state index in [-0.39, 0.29) is 0 Å². The van der Waals surface area contributed by atoms with E-state index < -0.39 is 62.6 Å². The van der Waals surface area contributed by atoms with Gasteiger partial charge in [0, 0.05) is 5.56 Å². The molecule has 0 radical (unpaired) electrons. The fourth-order valence-corrected chi connectivity index (χ4v) is 2.35. The van der Waals surface area contributed by atoms with Crippen LogP contribution >= 0.6 is 10.2 Å². The summed E-state index contributed by atoms with van der Waals surface area (Å²) in [6.07, 6.45) is -11.2. The van der Waals surface area contributed by atoms with Crippen LogP contribution in [0.15, 0.2) is 17.0 Å². The molecule has 1 amide bonds. The van der Waals surface area contributed by atoms with Gasteiger partial charge in [-0.25, -0.2) is 4.79 Å². The van der Waals surface area contributed by atoms with Crippen LogP contribution in [0.5, 0.6) is 5.75 Å². The van der Waals surface area contributed by atoms with Crippen LogP contribution in [0.2, 0.25) is 0 Å². The first-order chi connectivity index (χ1) is 10.4. The fraction of sp³-hybridized carbons (Fsp3) is 0.300. The minimum atomic E-state index is -10.5. The fourth-order valence-electron chi connectivity index (χ4n) is 1.66. The van der Waals surface area contributed by atoms with E-state index in [4.69, 9.17) is 10.2 Å². The predicted octanol–water partition coefficient (Wildman–Crippen LogP) is 5.04. The van der Waals surface area contributed by atoms with Gasteiger partial charge in [-0.1, -0.05) is 19.4 Å². The minimum Gasteiger partial charge on any atom is -0.494 e. The van der Waals surface area contributed by atoms with Gasteiger partial charge in [0.05, 0.1) is 12.8 Å². The number of carbonyl (C=O) groups is 1. The Morgan fingerprint density at radius 3 is 2.04 bits per heavy atom. The third-order valence-electron chi connectivity index (χ3n) is 2.59. The van der Waals surface area contributed by atoms with Crippen molar-refractivity contribution in [2.24, 2.45) is 0 Å². The third-order valence-corrected chi connectivity index (χ3v) is 3.71. The van der Waals surface area contributed by atoms with Crippen LogP contribution in [-0.2, 0) is 0 Å². The molecule has 24 heavy (non-hydrogen) atoms. The van der Waals surface area contributed by atoms with E-state index in [9.17, 15) is 37.4 Å². The number of halogens is 8. The highest BCUT2D eigenvalue weighted by atomic mass is 32.5. The molecule has 1 atom stereocenters. The van der Waals surface area contributed by atoms with E-state index in [0.717, 1.165) is 0 Å². The number of rotatable bonds is 4. The van der Waals surface area contributed by atoms with Crippen LogP contribution in [0.3, 0.4) is 0 Å². The van der Waals surface area contributed by atoms with E-state index in [2.05, 4.69) is 4.74 Å². The molecular weight excluding hydrogens is 382 g/mol. The summed E-state index contributed by atoms with van der Waals surface area (Å²) in [5.74, 6) is -1.19. The second-order valence-corrected chi connectivity index (χ2v) is 6.85. The maximum Gasteiger partial charge on any atom is 0.418 e. The maximum atomic E-state index is 12.9. The third kappa shape index (κ3) is 4.53. The molecule has 0 fully saturated rings. The Labute approximate surface area is 128 Å². The highest BCUT2D eigenvalue weighted by Gasteiger charge is 2.66. The van der Waals surface area contributed by atoms with Gasteiger partial charge in [0.2, 0.25) is 0 Å². The molecule has 1 rings (SSSR count). The first-order valence-electron chi connectivity index (χ1n) is 5.57. The molecule has 1 aromatic rings. The summed E-state index contributed by atoms with van der Waals surface area (Å²) in [6, 6.07) is -1.05. The van der Waals surface area contributed by atoms with Gasteiger partial charge in [-0.15, -0.1) is 0 Å². The van der Waals surface area contributed by atoms with Crippen molar-refractivity contribution in [1.82, 2.24) is 0 Å². The number of nitrogens with one attached hydrogen (secondary N) is 1. The van der Waals surface area contributed by atoms with Gasteiger partial charge in [-0.3, -0.25) is 5.32 Å². The van der Waals surface area contributed by atoms with Crippen LogP contribution < -0.4 is 10.1 Å². The van der Waals surface area contributed by atoms with Crippen molar-refractivity contribution in [3.8, 4) is 5.75 Å². The number of benzene rings is 1. The largest absolute Gasteiger partial charge is 0.494 e. The van der Waals surface area contributed by atoms with Crippen LogP contribution in [0.1, 0.15) is 11.7 Å². The Bertz CT molecular complexity index is 672. The van der Waals surface area contributed by atoms with Crippen LogP contribution in [-0.4, -0.2) is 29.6 Å². The molecule has 0 saturated heterocycles. The average Bonchev–Trinajstić information content (AvgIpc) is 2.32. The number of hydrogen-bond acceptors (Lipinski definition) is 3. The molecule has 0 aliphatic rings. The molecule has 0 spiro atoms. The van der Waals surface area contributed by atoms with E-state index in [1.165, 1.54) is 5.32 Å². The Hall–Kier alpha value is -1.96. The summed E-state index contributed by atoms with van der Waals surface area (Å²) in [6.45, 7) is 0. The van der Waals surface area contributed by atoms with Crippen molar-refractivity contribution < 1.29 is 52.3 Å². The van der Waals surface area contributed by atoms with Gasteiger partial charge in [0.15, 0.2) is 6.10 Å². The molecule has 1 unspecified atom stereocenters. The topological polar surface area (TPSA) is 78.8 Å². The van der Waals surface area contributed by atoms with E-state index in [1.807, 2.05) is 0 Å². The van der Waals surface area contributed by atoms with Gasteiger partial charge in [-0.2, -0.15) is 13.2 Å². The zero-order valence-electron chi connectivity index (χ0n) is 11.4. The van der Waals surface area contributed by atoms with Gasteiger partial charge in [0.1, 0.15) is 10.6 Å². The maximum absolute atomic E-state index is 12.9. The first-order valence-corrected chi connectivity index (χ1v) is 7.52. The number of carboxylic acid groups (broad SMARTS) is 1. The lowest BCUT2D eigenvalue weighted by Gasteiger charge is -2.41. The van der Waals surface area contributed by atoms with E-state index in [1.54, 1.807) is 0 Å². The molecule has 0 aliphatic heterocycles. The predicted molar refractivity (Wildman–Crippen MR) is 67.1 cm³/mol. The molecule has 0 aliphatic carbocycles. The highest BCUT2D eigenvalue weighted by molar-refractivity contribution is 8.45. The lowest BCUT2D eigenvalue weighted by atomic mass is 10.1. The summed E-state index contributed by atoms with van der Waals surface area (Å²) >= 11 is 0. The average molecular weight is 391 g/mol. The molecule has 14 heteroatoms. The molecule has 140 valence electrons. The van der Waals surface area contributed by atoms with Crippen molar-refractivity contribution in [3.05, 3.63) is 17.7 Å². The molecule has 0 saturated carbocycles. The number of aliphatic hydroxyl groups excluding tert-OH is 1. The van der Waals surface area contributed by atoms with Crippen LogP contribution in [0.25, 0.3) is 0 Å². The number of methoxy groups -OCH3 is 1. The van der Waals surface area contributed by atoms with Gasteiger partial charge >= 0.3 is 22.5 Å². The molecule has 1 aromatic carbocycles. The van der Waals surface area contributed by atoms with E-state index in [0.29, 0.717) is 7.11 Å². The Balaban J connectivity index is 3.84. The van der Waals surface area contributed by atoms with E-state index >= 15 is 0 Å². The smallest absolute Gasteiger partial charge is 0.418 e. The standard InChI is InChI=1S/C10H9F8NO4S/c1-23-7-5(8(20)10(11,12)13)2-4(24(14,15,16,17)18)3-6(7)19-9(21)22/h2-3,8,19-20H,1H3,(H,21,22). The lowest BCUT2D eigenvalue weighted by molar-refractivity contribution is -0.207. The number of hydrogen-bond donors (Lipinski definition) is 3. The molecule has 5 nitrogen and oxygen atoms in total. The summed E-state index contributed by atoms with van der Waals surface area (Å²) in [7, 11) is -9.83. The number of alkyl halides is 3. The summed E-state index contributed by atoms with van der Waals surface area (Å²) in [5.41, 5.74) is -3.06. The van der Waals surface area contributed by atoms with Crippen LogP contribution in [0, 0.1) is 0 Å². The van der Waals surface area contributed by atoms with Gasteiger partial charge in [0.25, 0.3) is 0 Å².